The third kappa shape index (κ3) is 3.88. The molecular formula is C19H24N2O5. The standard InChI is InChI=1S/C19H24N2O5/c1-2-3-12-25-19(24)20-10-8-14(9-11-20)13-26-21-17(22)15-6-4-5-7-16(15)18(21)23/h4-7,14H,2-3,8-13H2,1H3. The number of carbonyl (C=O) groups is 3. The van der Waals surface area contributed by atoms with Gasteiger partial charge in [0.05, 0.1) is 24.3 Å². The molecule has 0 unspecified atom stereocenters. The minimum atomic E-state index is -0.414. The highest BCUT2D eigenvalue weighted by Crippen LogP contribution is 2.24. The molecule has 26 heavy (non-hydrogen) atoms. The lowest BCUT2D eigenvalue weighted by Crippen LogP contribution is -2.41. The van der Waals surface area contributed by atoms with Crippen LogP contribution >= 0.6 is 0 Å². The maximum absolute atomic E-state index is 12.3. The molecular weight excluding hydrogens is 336 g/mol. The van der Waals surface area contributed by atoms with Gasteiger partial charge in [0.2, 0.25) is 0 Å². The lowest BCUT2D eigenvalue weighted by Gasteiger charge is -2.31. The van der Waals surface area contributed by atoms with Crippen LogP contribution in [0.15, 0.2) is 24.3 Å². The molecule has 0 bridgehead atoms. The molecule has 2 heterocycles. The molecule has 0 radical (unpaired) electrons. The van der Waals surface area contributed by atoms with Crippen molar-refractivity contribution in [2.45, 2.75) is 32.6 Å². The number of ether oxygens (including phenoxy) is 1. The van der Waals surface area contributed by atoms with Gasteiger partial charge in [0.1, 0.15) is 0 Å². The van der Waals surface area contributed by atoms with E-state index < -0.39 is 11.8 Å². The number of rotatable bonds is 6. The van der Waals surface area contributed by atoms with E-state index in [0.717, 1.165) is 30.7 Å². The molecule has 0 aromatic heterocycles. The van der Waals surface area contributed by atoms with E-state index >= 15 is 0 Å². The first-order chi connectivity index (χ1) is 12.6. The Labute approximate surface area is 152 Å². The number of amides is 3. The Morgan fingerprint density at radius 1 is 1.12 bits per heavy atom. The molecule has 1 aromatic rings. The lowest BCUT2D eigenvalue weighted by molar-refractivity contribution is -0.107. The number of imide groups is 1. The van der Waals surface area contributed by atoms with Crippen molar-refractivity contribution in [3.8, 4) is 0 Å². The van der Waals surface area contributed by atoms with Gasteiger partial charge in [-0.05, 0) is 37.3 Å². The Morgan fingerprint density at radius 3 is 2.31 bits per heavy atom. The van der Waals surface area contributed by atoms with Crippen LogP contribution in [0.5, 0.6) is 0 Å². The van der Waals surface area contributed by atoms with Crippen LogP contribution in [-0.2, 0) is 9.57 Å². The van der Waals surface area contributed by atoms with Gasteiger partial charge in [0, 0.05) is 13.1 Å². The van der Waals surface area contributed by atoms with E-state index in [0.29, 0.717) is 30.8 Å². The van der Waals surface area contributed by atoms with Gasteiger partial charge in [-0.25, -0.2) is 4.79 Å². The Hall–Kier alpha value is -2.41. The fraction of sp³-hybridized carbons (Fsp3) is 0.526. The van der Waals surface area contributed by atoms with Gasteiger partial charge in [-0.3, -0.25) is 14.4 Å². The highest BCUT2D eigenvalue weighted by molar-refractivity contribution is 6.20. The monoisotopic (exact) mass is 360 g/mol. The minimum Gasteiger partial charge on any atom is -0.449 e. The topological polar surface area (TPSA) is 76.2 Å². The van der Waals surface area contributed by atoms with Gasteiger partial charge in [-0.2, -0.15) is 0 Å². The summed E-state index contributed by atoms with van der Waals surface area (Å²) in [5.41, 5.74) is 0.754. The van der Waals surface area contributed by atoms with Crippen molar-refractivity contribution >= 4 is 17.9 Å². The van der Waals surface area contributed by atoms with Crippen molar-refractivity contribution in [1.82, 2.24) is 9.96 Å². The summed E-state index contributed by atoms with van der Waals surface area (Å²) in [4.78, 5) is 43.7. The summed E-state index contributed by atoms with van der Waals surface area (Å²) in [5.74, 6) is -0.635. The molecule has 7 heteroatoms. The zero-order chi connectivity index (χ0) is 18.5. The number of hydrogen-bond acceptors (Lipinski definition) is 5. The number of nitrogens with zero attached hydrogens (tertiary/aromatic N) is 2. The molecule has 1 fully saturated rings. The predicted molar refractivity (Wildman–Crippen MR) is 93.4 cm³/mol. The molecule has 0 atom stereocenters. The first kappa shape index (κ1) is 18.4. The Kier molecular flexibility index (Phi) is 5.88. The molecule has 3 amide bonds. The number of benzene rings is 1. The predicted octanol–water partition coefficient (Wildman–Crippen LogP) is 2.86. The first-order valence-corrected chi connectivity index (χ1v) is 9.14. The van der Waals surface area contributed by atoms with E-state index in [1.54, 1.807) is 29.2 Å². The second-order valence-corrected chi connectivity index (χ2v) is 6.64. The number of carbonyl (C=O) groups excluding carboxylic acids is 3. The van der Waals surface area contributed by atoms with Gasteiger partial charge in [-0.1, -0.05) is 25.5 Å². The number of hydrogen-bond donors (Lipinski definition) is 0. The molecule has 1 saturated heterocycles. The minimum absolute atomic E-state index is 0.194. The second-order valence-electron chi connectivity index (χ2n) is 6.64. The SMILES string of the molecule is CCCCOC(=O)N1CCC(CON2C(=O)c3ccccc3C2=O)CC1. The van der Waals surface area contributed by atoms with Crippen LogP contribution < -0.4 is 0 Å². The van der Waals surface area contributed by atoms with E-state index in [9.17, 15) is 14.4 Å². The first-order valence-electron chi connectivity index (χ1n) is 9.14. The van der Waals surface area contributed by atoms with E-state index in [1.807, 2.05) is 6.92 Å². The summed E-state index contributed by atoms with van der Waals surface area (Å²) < 4.78 is 5.22. The quantitative estimate of drug-likeness (QED) is 0.576. The molecule has 140 valence electrons. The van der Waals surface area contributed by atoms with E-state index in [2.05, 4.69) is 0 Å². The van der Waals surface area contributed by atoms with Crippen LogP contribution in [0.3, 0.4) is 0 Å². The Balaban J connectivity index is 1.44. The summed E-state index contributed by atoms with van der Waals surface area (Å²) >= 11 is 0. The van der Waals surface area contributed by atoms with Crippen molar-refractivity contribution in [3.05, 3.63) is 35.4 Å². The van der Waals surface area contributed by atoms with Crippen LogP contribution in [0.1, 0.15) is 53.3 Å². The highest BCUT2D eigenvalue weighted by Gasteiger charge is 2.37. The molecule has 0 saturated carbocycles. The van der Waals surface area contributed by atoms with Crippen molar-refractivity contribution in [1.29, 1.82) is 0 Å². The molecule has 2 aliphatic rings. The average Bonchev–Trinajstić information content (AvgIpc) is 2.91. The van der Waals surface area contributed by atoms with E-state index in [4.69, 9.17) is 9.57 Å². The normalized spacial score (nSPS) is 17.6. The van der Waals surface area contributed by atoms with Crippen molar-refractivity contribution < 1.29 is 24.0 Å². The lowest BCUT2D eigenvalue weighted by atomic mass is 9.98. The van der Waals surface area contributed by atoms with Crippen molar-refractivity contribution in [2.75, 3.05) is 26.3 Å². The van der Waals surface area contributed by atoms with Gasteiger partial charge in [0.15, 0.2) is 0 Å². The zero-order valence-corrected chi connectivity index (χ0v) is 15.0. The largest absolute Gasteiger partial charge is 0.449 e. The van der Waals surface area contributed by atoms with Gasteiger partial charge in [-0.15, -0.1) is 5.06 Å². The highest BCUT2D eigenvalue weighted by atomic mass is 16.7. The molecule has 3 rings (SSSR count). The summed E-state index contributed by atoms with van der Waals surface area (Å²) in [6.45, 7) is 3.98. The zero-order valence-electron chi connectivity index (χ0n) is 15.0. The van der Waals surface area contributed by atoms with Gasteiger partial charge >= 0.3 is 6.09 Å². The van der Waals surface area contributed by atoms with Crippen LogP contribution in [-0.4, -0.2) is 54.2 Å². The van der Waals surface area contributed by atoms with Crippen LogP contribution in [0.2, 0.25) is 0 Å². The Morgan fingerprint density at radius 2 is 1.73 bits per heavy atom. The van der Waals surface area contributed by atoms with Crippen LogP contribution in [0.4, 0.5) is 4.79 Å². The maximum atomic E-state index is 12.3. The molecule has 2 aliphatic heterocycles. The molecule has 1 aromatic carbocycles. The number of unbranched alkanes of at least 4 members (excludes halogenated alkanes) is 1. The van der Waals surface area contributed by atoms with Crippen molar-refractivity contribution in [3.63, 3.8) is 0 Å². The van der Waals surface area contributed by atoms with Crippen LogP contribution in [0.25, 0.3) is 0 Å². The van der Waals surface area contributed by atoms with Crippen LogP contribution in [0, 0.1) is 5.92 Å². The smallest absolute Gasteiger partial charge is 0.409 e. The van der Waals surface area contributed by atoms with E-state index in [-0.39, 0.29) is 18.6 Å². The molecule has 0 N–H and O–H groups in total. The number of fused-ring (bicyclic) bond motifs is 1. The molecule has 0 aliphatic carbocycles. The number of piperidine rings is 1. The third-order valence-electron chi connectivity index (χ3n) is 4.79. The summed E-state index contributed by atoms with van der Waals surface area (Å²) in [6.07, 6.45) is 3.11. The maximum Gasteiger partial charge on any atom is 0.409 e. The summed E-state index contributed by atoms with van der Waals surface area (Å²) in [7, 11) is 0. The van der Waals surface area contributed by atoms with E-state index in [1.165, 1.54) is 0 Å². The Bertz CT molecular complexity index is 647. The second kappa shape index (κ2) is 8.31. The fourth-order valence-electron chi connectivity index (χ4n) is 3.14. The summed E-state index contributed by atoms with van der Waals surface area (Å²) in [6, 6.07) is 6.70. The van der Waals surface area contributed by atoms with Crippen molar-refractivity contribution in [2.24, 2.45) is 5.92 Å². The molecule has 7 nitrogen and oxygen atoms in total. The third-order valence-corrected chi connectivity index (χ3v) is 4.79. The average molecular weight is 360 g/mol. The molecule has 0 spiro atoms. The number of hydroxylamine groups is 2. The van der Waals surface area contributed by atoms with Gasteiger partial charge in [0.25, 0.3) is 11.8 Å². The van der Waals surface area contributed by atoms with Gasteiger partial charge < -0.3 is 9.64 Å². The fourth-order valence-corrected chi connectivity index (χ4v) is 3.14. The summed E-state index contributed by atoms with van der Waals surface area (Å²) in [5, 5.41) is 0.857. The number of likely N-dealkylation sites (tertiary alicyclic amines) is 1.